The number of nitrogens with one attached hydrogen (secondary N) is 1. The van der Waals surface area contributed by atoms with Gasteiger partial charge in [0, 0.05) is 11.1 Å². The Morgan fingerprint density at radius 3 is 2.82 bits per heavy atom. The fourth-order valence-electron chi connectivity index (χ4n) is 3.71. The second kappa shape index (κ2) is 6.09. The van der Waals surface area contributed by atoms with Crippen LogP contribution in [0.5, 0.6) is 5.75 Å². The zero-order valence-electron chi connectivity index (χ0n) is 13.1. The summed E-state index contributed by atoms with van der Waals surface area (Å²) in [5, 5.41) is 3.90. The fraction of sp³-hybridized carbons (Fsp3) is 0.588. The number of hydrogen-bond donors (Lipinski definition) is 1. The van der Waals surface area contributed by atoms with Crippen molar-refractivity contribution >= 4 is 17.5 Å². The van der Waals surface area contributed by atoms with E-state index in [0.29, 0.717) is 16.8 Å². The zero-order chi connectivity index (χ0) is 15.7. The third-order valence-corrected chi connectivity index (χ3v) is 5.35. The molecule has 120 valence electrons. The Kier molecular flexibility index (Phi) is 4.33. The number of rotatable bonds is 4. The second-order valence-corrected chi connectivity index (χ2v) is 6.87. The van der Waals surface area contributed by atoms with E-state index in [-0.39, 0.29) is 11.6 Å². The molecule has 2 aliphatic rings. The molecule has 1 unspecified atom stereocenters. The monoisotopic (exact) mass is 322 g/mol. The molecule has 0 saturated carbocycles. The lowest BCUT2D eigenvalue weighted by atomic mass is 9.97. The van der Waals surface area contributed by atoms with Gasteiger partial charge in [-0.25, -0.2) is 0 Å². The first-order valence-corrected chi connectivity index (χ1v) is 8.35. The van der Waals surface area contributed by atoms with Crippen LogP contribution in [0.3, 0.4) is 0 Å². The van der Waals surface area contributed by atoms with Gasteiger partial charge in [0.05, 0.1) is 5.66 Å². The minimum absolute atomic E-state index is 0.0515. The lowest BCUT2D eigenvalue weighted by Crippen LogP contribution is -2.61. The molecule has 2 heterocycles. The molecule has 3 rings (SSSR count). The molecule has 1 amide bonds. The van der Waals surface area contributed by atoms with Crippen LogP contribution in [0.25, 0.3) is 0 Å². The van der Waals surface area contributed by atoms with E-state index in [1.165, 1.54) is 19.3 Å². The highest BCUT2D eigenvalue weighted by Gasteiger charge is 2.47. The maximum absolute atomic E-state index is 12.5. The molecule has 1 aromatic carbocycles. The van der Waals surface area contributed by atoms with Crippen LogP contribution in [-0.4, -0.2) is 35.7 Å². The molecular weight excluding hydrogens is 300 g/mol. The smallest absolute Gasteiger partial charge is 0.262 e. The van der Waals surface area contributed by atoms with Crippen molar-refractivity contribution < 1.29 is 9.53 Å². The van der Waals surface area contributed by atoms with E-state index in [0.717, 1.165) is 12.8 Å². The number of fused-ring (bicyclic) bond motifs is 2. The van der Waals surface area contributed by atoms with Gasteiger partial charge in [0.1, 0.15) is 5.75 Å². The van der Waals surface area contributed by atoms with Gasteiger partial charge in [-0.15, -0.1) is 0 Å². The molecule has 2 fully saturated rings. The molecule has 1 N–H and O–H groups in total. The minimum atomic E-state index is -0.523. The van der Waals surface area contributed by atoms with Gasteiger partial charge in [0.25, 0.3) is 5.91 Å². The van der Waals surface area contributed by atoms with E-state index in [1.54, 1.807) is 31.2 Å². The molecule has 3 atom stereocenters. The molecule has 22 heavy (non-hydrogen) atoms. The van der Waals surface area contributed by atoms with E-state index >= 15 is 0 Å². The normalized spacial score (nSPS) is 29.1. The van der Waals surface area contributed by atoms with Crippen molar-refractivity contribution in [1.82, 2.24) is 10.2 Å². The molecule has 2 bridgehead atoms. The topological polar surface area (TPSA) is 41.6 Å². The van der Waals surface area contributed by atoms with E-state index < -0.39 is 6.10 Å². The molecule has 5 heteroatoms. The Balaban J connectivity index is 1.62. The van der Waals surface area contributed by atoms with E-state index in [1.807, 2.05) is 0 Å². The van der Waals surface area contributed by atoms with Gasteiger partial charge in [0.2, 0.25) is 0 Å². The third kappa shape index (κ3) is 2.95. The van der Waals surface area contributed by atoms with Gasteiger partial charge in [0.15, 0.2) is 6.10 Å². The van der Waals surface area contributed by atoms with Crippen molar-refractivity contribution in [1.29, 1.82) is 0 Å². The fourth-order valence-corrected chi connectivity index (χ4v) is 3.84. The average Bonchev–Trinajstić information content (AvgIpc) is 2.68. The number of amides is 1. The molecular formula is C17H23ClN2O2. The van der Waals surface area contributed by atoms with Gasteiger partial charge in [-0.2, -0.15) is 0 Å². The predicted octanol–water partition coefficient (Wildman–Crippen LogP) is 3.20. The average molecular weight is 323 g/mol. The van der Waals surface area contributed by atoms with Crippen molar-refractivity contribution in [2.24, 2.45) is 0 Å². The van der Waals surface area contributed by atoms with Crippen LogP contribution in [0.1, 0.15) is 39.0 Å². The van der Waals surface area contributed by atoms with Crippen LogP contribution in [0.2, 0.25) is 5.02 Å². The SMILES string of the molecule is CC(Oc1ccc(Cl)cc1)C(=O)N[C@]12CCC[C@H](CC1)N2C. The highest BCUT2D eigenvalue weighted by Crippen LogP contribution is 2.41. The zero-order valence-corrected chi connectivity index (χ0v) is 13.9. The Labute approximate surface area is 136 Å². The number of carbonyl (C=O) groups is 1. The standard InChI is InChI=1S/C17H23ClN2O2/c1-12(22-15-7-5-13(18)6-8-15)16(21)19-17-10-3-4-14(9-11-17)20(17)2/h5-8,12,14H,3-4,9-11H2,1-2H3,(H,19,21)/t12?,14-,17+/m1/s1. The predicted molar refractivity (Wildman–Crippen MR) is 87.1 cm³/mol. The minimum Gasteiger partial charge on any atom is -0.481 e. The maximum Gasteiger partial charge on any atom is 0.262 e. The summed E-state index contributed by atoms with van der Waals surface area (Å²) >= 11 is 5.86. The molecule has 2 aliphatic heterocycles. The number of ether oxygens (including phenoxy) is 1. The number of hydrogen-bond acceptors (Lipinski definition) is 3. The highest BCUT2D eigenvalue weighted by atomic mass is 35.5. The van der Waals surface area contributed by atoms with Crippen LogP contribution >= 0.6 is 11.6 Å². The van der Waals surface area contributed by atoms with Crippen LogP contribution < -0.4 is 10.1 Å². The Morgan fingerprint density at radius 1 is 1.36 bits per heavy atom. The first kappa shape index (κ1) is 15.6. The van der Waals surface area contributed by atoms with Crippen molar-refractivity contribution in [3.63, 3.8) is 0 Å². The first-order valence-electron chi connectivity index (χ1n) is 7.97. The summed E-state index contributed by atoms with van der Waals surface area (Å²) in [4.78, 5) is 14.9. The molecule has 0 aliphatic carbocycles. The summed E-state index contributed by atoms with van der Waals surface area (Å²) in [6.45, 7) is 1.79. The van der Waals surface area contributed by atoms with E-state index in [4.69, 9.17) is 16.3 Å². The number of piperidine rings is 1. The Hall–Kier alpha value is -1.26. The van der Waals surface area contributed by atoms with Gasteiger partial charge < -0.3 is 10.1 Å². The van der Waals surface area contributed by atoms with E-state index in [9.17, 15) is 4.79 Å². The van der Waals surface area contributed by atoms with Gasteiger partial charge >= 0.3 is 0 Å². The molecule has 0 spiro atoms. The molecule has 2 saturated heterocycles. The largest absolute Gasteiger partial charge is 0.481 e. The molecule has 1 aromatic rings. The van der Waals surface area contributed by atoms with Crippen molar-refractivity contribution in [3.05, 3.63) is 29.3 Å². The van der Waals surface area contributed by atoms with Crippen molar-refractivity contribution in [2.75, 3.05) is 7.05 Å². The highest BCUT2D eigenvalue weighted by molar-refractivity contribution is 6.30. The molecule has 0 radical (unpaired) electrons. The maximum atomic E-state index is 12.5. The van der Waals surface area contributed by atoms with Gasteiger partial charge in [-0.3, -0.25) is 9.69 Å². The molecule has 4 nitrogen and oxygen atoms in total. The summed E-state index contributed by atoms with van der Waals surface area (Å²) in [6.07, 6.45) is 5.13. The number of benzene rings is 1. The number of carbonyl (C=O) groups excluding carboxylic acids is 1. The third-order valence-electron chi connectivity index (χ3n) is 5.09. The van der Waals surface area contributed by atoms with Gasteiger partial charge in [-0.1, -0.05) is 11.6 Å². The van der Waals surface area contributed by atoms with Crippen LogP contribution in [0.4, 0.5) is 0 Å². The second-order valence-electron chi connectivity index (χ2n) is 6.43. The summed E-state index contributed by atoms with van der Waals surface area (Å²) in [5.41, 5.74) is -0.169. The van der Waals surface area contributed by atoms with Crippen LogP contribution in [0.15, 0.2) is 24.3 Å². The Bertz CT molecular complexity index is 544. The summed E-state index contributed by atoms with van der Waals surface area (Å²) in [7, 11) is 2.13. The van der Waals surface area contributed by atoms with E-state index in [2.05, 4.69) is 17.3 Å². The Morgan fingerprint density at radius 2 is 2.09 bits per heavy atom. The number of halogens is 1. The van der Waals surface area contributed by atoms with Crippen molar-refractivity contribution in [2.45, 2.75) is 56.8 Å². The van der Waals surface area contributed by atoms with Crippen molar-refractivity contribution in [3.8, 4) is 5.75 Å². The summed E-state index contributed by atoms with van der Waals surface area (Å²) in [6, 6.07) is 7.69. The first-order chi connectivity index (χ1) is 10.5. The van der Waals surface area contributed by atoms with Gasteiger partial charge in [-0.05, 0) is 70.3 Å². The number of nitrogens with zero attached hydrogens (tertiary/aromatic N) is 1. The van der Waals surface area contributed by atoms with Crippen LogP contribution in [-0.2, 0) is 4.79 Å². The summed E-state index contributed by atoms with van der Waals surface area (Å²) < 4.78 is 5.72. The molecule has 0 aromatic heterocycles. The quantitative estimate of drug-likeness (QED) is 0.925. The van der Waals surface area contributed by atoms with Crippen LogP contribution in [0, 0.1) is 0 Å². The summed E-state index contributed by atoms with van der Waals surface area (Å²) in [5.74, 6) is 0.607. The lowest BCUT2D eigenvalue weighted by molar-refractivity contribution is -0.132. The lowest BCUT2D eigenvalue weighted by Gasteiger charge is -2.43.